The Balaban J connectivity index is 3.79. The van der Waals surface area contributed by atoms with E-state index in [9.17, 15) is 19.8 Å². The molecule has 0 aliphatic rings. The quantitative estimate of drug-likeness (QED) is 0.0400. The normalized spacial score (nSPS) is 14.1. The summed E-state index contributed by atoms with van der Waals surface area (Å²) in [5, 5.41) is 20.1. The van der Waals surface area contributed by atoms with E-state index in [0.717, 1.165) is 116 Å². The maximum absolute atomic E-state index is 12.4. The van der Waals surface area contributed by atoms with E-state index >= 15 is 0 Å². The molecule has 0 amide bonds. The lowest BCUT2D eigenvalue weighted by Gasteiger charge is -2.28. The van der Waals surface area contributed by atoms with Crippen LogP contribution in [0.5, 0.6) is 0 Å². The van der Waals surface area contributed by atoms with Crippen molar-refractivity contribution >= 4 is 11.9 Å². The van der Waals surface area contributed by atoms with Crippen molar-refractivity contribution in [2.45, 2.75) is 232 Å². The van der Waals surface area contributed by atoms with Gasteiger partial charge < -0.3 is 19.7 Å². The highest BCUT2D eigenvalue weighted by atomic mass is 16.6. The van der Waals surface area contributed by atoms with Gasteiger partial charge in [-0.1, -0.05) is 128 Å². The molecule has 48 heavy (non-hydrogen) atoms. The molecule has 0 fully saturated rings. The summed E-state index contributed by atoms with van der Waals surface area (Å²) in [6.45, 7) is 10.1. The van der Waals surface area contributed by atoms with Gasteiger partial charge in [0.1, 0.15) is 11.7 Å². The van der Waals surface area contributed by atoms with E-state index in [1.807, 2.05) is 20.8 Å². The lowest BCUT2D eigenvalue weighted by molar-refractivity contribution is -0.162. The highest BCUT2D eigenvalue weighted by molar-refractivity contribution is 5.70. The molecule has 2 N–H and O–H groups in total. The molecule has 282 valence electrons. The largest absolute Gasteiger partial charge is 0.462 e. The Hall–Kier alpha value is -1.66. The van der Waals surface area contributed by atoms with Crippen LogP contribution >= 0.6 is 0 Å². The van der Waals surface area contributed by atoms with E-state index in [1.54, 1.807) is 0 Å². The van der Waals surface area contributed by atoms with Crippen molar-refractivity contribution in [1.29, 1.82) is 0 Å². The minimum atomic E-state index is -0.673. The van der Waals surface area contributed by atoms with Gasteiger partial charge in [-0.2, -0.15) is 0 Å². The topological polar surface area (TPSA) is 93.1 Å². The highest BCUT2D eigenvalue weighted by Gasteiger charge is 2.27. The van der Waals surface area contributed by atoms with Gasteiger partial charge in [0.15, 0.2) is 0 Å². The summed E-state index contributed by atoms with van der Waals surface area (Å²) in [5.74, 6) is -0.354. The second kappa shape index (κ2) is 32.5. The number of aliphatic hydroxyl groups excluding tert-OH is 2. The van der Waals surface area contributed by atoms with Crippen LogP contribution in [0.15, 0.2) is 24.3 Å². The molecule has 6 nitrogen and oxygen atoms in total. The smallest absolute Gasteiger partial charge is 0.306 e. The number of carbonyl (C=O) groups excluding carboxylic acids is 2. The summed E-state index contributed by atoms with van der Waals surface area (Å²) in [6.07, 6.45) is 34.9. The number of rotatable bonds is 34. The molecule has 1 unspecified atom stereocenters. The van der Waals surface area contributed by atoms with Crippen LogP contribution in [-0.2, 0) is 19.1 Å². The lowest BCUT2D eigenvalue weighted by atomic mass is 10.0. The standard InChI is InChI=1S/C42H78O6/c1-6-8-10-24-30-38(43)32-26-20-16-12-14-18-22-28-34-40(45)47-37(3)36-42(4,5)48-41(46)35-29-23-19-15-13-17-21-27-33-39(44)31-25-11-9-7-2/h20-21,26-27,37-39,43-44H,6-19,22-25,28-36H2,1-5H3/b26-20-,27-21-/t37?,38-,39+/m1/s1. The molecular weight excluding hydrogens is 600 g/mol. The minimum Gasteiger partial charge on any atom is -0.462 e. The van der Waals surface area contributed by atoms with Crippen molar-refractivity contribution in [3.8, 4) is 0 Å². The van der Waals surface area contributed by atoms with Gasteiger partial charge in [-0.3, -0.25) is 9.59 Å². The van der Waals surface area contributed by atoms with Crippen molar-refractivity contribution in [3.63, 3.8) is 0 Å². The van der Waals surface area contributed by atoms with Crippen LogP contribution in [-0.4, -0.2) is 46.1 Å². The third-order valence-electron chi connectivity index (χ3n) is 8.94. The second-order valence-corrected chi connectivity index (χ2v) is 14.8. The maximum atomic E-state index is 12.4. The molecule has 0 aromatic rings. The van der Waals surface area contributed by atoms with Crippen LogP contribution in [0.1, 0.15) is 208 Å². The molecule has 6 heteroatoms. The first-order chi connectivity index (χ1) is 23.1. The molecule has 0 radical (unpaired) electrons. The molecule has 0 bridgehead atoms. The lowest BCUT2D eigenvalue weighted by Crippen LogP contribution is -2.33. The van der Waals surface area contributed by atoms with E-state index in [-0.39, 0.29) is 30.3 Å². The molecule has 0 aliphatic carbocycles. The first-order valence-corrected chi connectivity index (χ1v) is 20.2. The van der Waals surface area contributed by atoms with Gasteiger partial charge in [0.2, 0.25) is 0 Å². The number of esters is 2. The molecule has 0 heterocycles. The first kappa shape index (κ1) is 46.3. The summed E-state index contributed by atoms with van der Waals surface area (Å²) in [6, 6.07) is 0. The number of hydrogen-bond acceptors (Lipinski definition) is 6. The number of aliphatic hydroxyl groups is 2. The Kier molecular flexibility index (Phi) is 31.4. The Morgan fingerprint density at radius 1 is 0.583 bits per heavy atom. The zero-order valence-electron chi connectivity index (χ0n) is 32.2. The van der Waals surface area contributed by atoms with Crippen molar-refractivity contribution in [2.24, 2.45) is 0 Å². The van der Waals surface area contributed by atoms with Gasteiger partial charge in [0.05, 0.1) is 12.2 Å². The van der Waals surface area contributed by atoms with Gasteiger partial charge in [-0.05, 0) is 85.0 Å². The molecule has 0 aromatic carbocycles. The average molecular weight is 679 g/mol. The van der Waals surface area contributed by atoms with E-state index in [0.29, 0.717) is 19.3 Å². The zero-order chi connectivity index (χ0) is 35.7. The highest BCUT2D eigenvalue weighted by Crippen LogP contribution is 2.21. The first-order valence-electron chi connectivity index (χ1n) is 20.2. The van der Waals surface area contributed by atoms with Crippen LogP contribution in [0.3, 0.4) is 0 Å². The molecule has 0 saturated heterocycles. The van der Waals surface area contributed by atoms with Gasteiger partial charge in [-0.15, -0.1) is 0 Å². The summed E-state index contributed by atoms with van der Waals surface area (Å²) < 4.78 is 11.4. The third kappa shape index (κ3) is 32.9. The molecule has 0 spiro atoms. The molecule has 0 rings (SSSR count). The summed E-state index contributed by atoms with van der Waals surface area (Å²) in [5.41, 5.74) is -0.673. The van der Waals surface area contributed by atoms with Crippen LogP contribution in [0, 0.1) is 0 Å². The number of unbranched alkanes of at least 4 members (excludes halogenated alkanes) is 16. The fourth-order valence-electron chi connectivity index (χ4n) is 6.13. The SMILES string of the molecule is CCCCCC[C@H](O)C/C=C\CCCCCCCC(=O)OC(C)(C)CC(C)OC(=O)CCCCCCC/C=C\C[C@H](O)CCCCCC. The van der Waals surface area contributed by atoms with E-state index in [4.69, 9.17) is 9.47 Å². The van der Waals surface area contributed by atoms with E-state index in [2.05, 4.69) is 38.2 Å². The van der Waals surface area contributed by atoms with Gasteiger partial charge >= 0.3 is 11.9 Å². The fraction of sp³-hybridized carbons (Fsp3) is 0.857. The predicted molar refractivity (Wildman–Crippen MR) is 202 cm³/mol. The van der Waals surface area contributed by atoms with Crippen molar-refractivity contribution in [1.82, 2.24) is 0 Å². The number of allylic oxidation sites excluding steroid dienone is 2. The van der Waals surface area contributed by atoms with E-state index < -0.39 is 5.60 Å². The third-order valence-corrected chi connectivity index (χ3v) is 8.94. The van der Waals surface area contributed by atoms with Gasteiger partial charge in [0.25, 0.3) is 0 Å². The number of carbonyl (C=O) groups is 2. The molecule has 0 aliphatic heterocycles. The van der Waals surface area contributed by atoms with Crippen molar-refractivity contribution in [3.05, 3.63) is 24.3 Å². The maximum Gasteiger partial charge on any atom is 0.306 e. The van der Waals surface area contributed by atoms with Crippen LogP contribution in [0.25, 0.3) is 0 Å². The minimum absolute atomic E-state index is 0.174. The van der Waals surface area contributed by atoms with Gasteiger partial charge in [-0.25, -0.2) is 0 Å². The second-order valence-electron chi connectivity index (χ2n) is 14.8. The van der Waals surface area contributed by atoms with Crippen LogP contribution in [0.4, 0.5) is 0 Å². The molecule has 0 aromatic heterocycles. The van der Waals surface area contributed by atoms with Crippen molar-refractivity contribution < 1.29 is 29.3 Å². The van der Waals surface area contributed by atoms with Crippen molar-refractivity contribution in [2.75, 3.05) is 0 Å². The van der Waals surface area contributed by atoms with Crippen LogP contribution in [0.2, 0.25) is 0 Å². The summed E-state index contributed by atoms with van der Waals surface area (Å²) in [4.78, 5) is 24.8. The fourth-order valence-corrected chi connectivity index (χ4v) is 6.13. The Labute approximate surface area is 296 Å². The van der Waals surface area contributed by atoms with Crippen LogP contribution < -0.4 is 0 Å². The summed E-state index contributed by atoms with van der Waals surface area (Å²) >= 11 is 0. The Bertz CT molecular complexity index is 804. The zero-order valence-corrected chi connectivity index (χ0v) is 32.2. The number of hydrogen-bond donors (Lipinski definition) is 2. The predicted octanol–water partition coefficient (Wildman–Crippen LogP) is 11.6. The Morgan fingerprint density at radius 3 is 1.48 bits per heavy atom. The number of ether oxygens (including phenoxy) is 2. The molecule has 3 atom stereocenters. The monoisotopic (exact) mass is 679 g/mol. The average Bonchev–Trinajstić information content (AvgIpc) is 3.02. The van der Waals surface area contributed by atoms with E-state index in [1.165, 1.54) is 38.5 Å². The molecule has 0 saturated carbocycles. The Morgan fingerprint density at radius 2 is 1.00 bits per heavy atom. The van der Waals surface area contributed by atoms with Gasteiger partial charge in [0, 0.05) is 19.3 Å². The summed E-state index contributed by atoms with van der Waals surface area (Å²) in [7, 11) is 0. The molecular formula is C42H78O6.